The molecule has 1 unspecified atom stereocenters. The van der Waals surface area contributed by atoms with Crippen LogP contribution in [-0.2, 0) is 23.3 Å². The van der Waals surface area contributed by atoms with E-state index in [1.807, 2.05) is 24.3 Å². The van der Waals surface area contributed by atoms with Gasteiger partial charge in [-0.05, 0) is 60.1 Å². The molecule has 4 aliphatic carbocycles. The Bertz CT molecular complexity index is 1390. The Kier molecular flexibility index (Phi) is 15.6. The average Bonchev–Trinajstić information content (AvgIpc) is 3.32. The third kappa shape index (κ3) is 10.4. The van der Waals surface area contributed by atoms with E-state index in [4.69, 9.17) is 23.2 Å². The van der Waals surface area contributed by atoms with Crippen LogP contribution in [0.15, 0.2) is 131 Å². The standard InChI is InChI=1S/2C17H14Cl.C2H6Si.2ClH.Zr/c2*1-12-10-14-4-2-3-5-16(17(14)11-12)13-6-8-15(18)9-7-13;1-3-2;;;/h2*2-4,6-9,11,16H,5H2,1H3;1-2H3;2*1H;/q2*-1;;;;+2/p-2/t16-;;;;;/m1...../s1. The van der Waals surface area contributed by atoms with Crippen molar-refractivity contribution in [3.05, 3.63) is 164 Å². The van der Waals surface area contributed by atoms with Crippen molar-refractivity contribution in [3.8, 4) is 0 Å². The molecule has 0 nitrogen and oxygen atoms in total. The Hall–Kier alpha value is -1.38. The maximum absolute atomic E-state index is 5.96. The van der Waals surface area contributed by atoms with Crippen LogP contribution in [-0.4, -0.2) is 5.43 Å². The Morgan fingerprint density at radius 3 is 1.33 bits per heavy atom. The van der Waals surface area contributed by atoms with Crippen LogP contribution in [0.2, 0.25) is 23.1 Å². The van der Waals surface area contributed by atoms with Gasteiger partial charge in [-0.2, -0.15) is 34.4 Å². The van der Waals surface area contributed by atoms with Crippen LogP contribution >= 0.6 is 23.2 Å². The number of hydrogen-bond donors (Lipinski definition) is 0. The summed E-state index contributed by atoms with van der Waals surface area (Å²) in [5, 5.41) is 1.58. The van der Waals surface area contributed by atoms with Gasteiger partial charge in [-0.25, -0.2) is 0 Å². The van der Waals surface area contributed by atoms with E-state index in [2.05, 4.69) is 112 Å². The van der Waals surface area contributed by atoms with E-state index in [0.717, 1.165) is 22.9 Å². The van der Waals surface area contributed by atoms with Crippen LogP contribution in [0, 0.1) is 12.2 Å². The first-order chi connectivity index (χ1) is 19.2. The first kappa shape index (κ1) is 36.8. The summed E-state index contributed by atoms with van der Waals surface area (Å²) in [6, 6.07) is 16.4. The molecular formula is C36H34Cl4SiZr-2. The third-order valence-electron chi connectivity index (χ3n) is 6.87. The van der Waals surface area contributed by atoms with Gasteiger partial charge in [0.05, 0.1) is 0 Å². The Balaban J connectivity index is 0.000000250. The molecular weight excluding hydrogens is 694 g/mol. The van der Waals surface area contributed by atoms with E-state index in [1.165, 1.54) is 44.6 Å². The van der Waals surface area contributed by atoms with Gasteiger partial charge in [0.2, 0.25) is 0 Å². The fourth-order valence-electron chi connectivity index (χ4n) is 5.15. The molecule has 2 atom stereocenters. The number of allylic oxidation sites excluding steroid dienone is 16. The molecule has 2 aromatic carbocycles. The molecule has 4 aliphatic rings. The number of hydrogen-bond acceptors (Lipinski definition) is 0. The predicted molar refractivity (Wildman–Crippen MR) is 171 cm³/mol. The Labute approximate surface area is 289 Å². The summed E-state index contributed by atoms with van der Waals surface area (Å²) < 4.78 is 0. The molecule has 216 valence electrons. The third-order valence-corrected chi connectivity index (χ3v) is 7.37. The monoisotopic (exact) mass is 724 g/mol. The van der Waals surface area contributed by atoms with E-state index in [1.54, 1.807) is 23.3 Å². The van der Waals surface area contributed by atoms with Crippen molar-refractivity contribution in [1.82, 2.24) is 0 Å². The van der Waals surface area contributed by atoms with Crippen LogP contribution in [0.4, 0.5) is 0 Å². The molecule has 0 bridgehead atoms. The first-order valence-electron chi connectivity index (χ1n) is 13.6. The average molecular weight is 728 g/mol. The molecule has 0 aromatic heterocycles. The SMILES string of the molecule is CC1=[C-]C2=CC=CCC(c3ccc(Cl)cc3)C2=C1.CC1=[C-]C2=CC=CC[C@H](c3ccc(Cl)cc3)C2=C1.C[Si](C)=[Zr+2].[Cl-].[Cl-]. The predicted octanol–water partition coefficient (Wildman–Crippen LogP) is 4.79. The van der Waals surface area contributed by atoms with Gasteiger partial charge in [0.25, 0.3) is 0 Å². The second-order valence-corrected chi connectivity index (χ2v) is 20.8. The fourth-order valence-corrected chi connectivity index (χ4v) is 5.40. The zero-order valence-electron chi connectivity index (χ0n) is 24.3. The van der Waals surface area contributed by atoms with Crippen molar-refractivity contribution in [2.45, 2.75) is 51.6 Å². The first-order valence-corrected chi connectivity index (χ1v) is 20.6. The fraction of sp³-hybridized carbons (Fsp3) is 0.222. The zero-order chi connectivity index (χ0) is 28.6. The van der Waals surface area contributed by atoms with Crippen molar-refractivity contribution in [3.63, 3.8) is 0 Å². The summed E-state index contributed by atoms with van der Waals surface area (Å²) in [6.07, 6.45) is 26.4. The van der Waals surface area contributed by atoms with Crippen molar-refractivity contribution < 1.29 is 48.1 Å². The van der Waals surface area contributed by atoms with Crippen LogP contribution in [0.1, 0.15) is 49.7 Å². The second kappa shape index (κ2) is 17.8. The van der Waals surface area contributed by atoms with Crippen molar-refractivity contribution in [2.24, 2.45) is 0 Å². The molecule has 6 heteroatoms. The number of halogens is 4. The summed E-state index contributed by atoms with van der Waals surface area (Å²) in [6.45, 7) is 8.82. The molecule has 0 saturated carbocycles. The maximum atomic E-state index is 5.96. The molecule has 42 heavy (non-hydrogen) atoms. The minimum Gasteiger partial charge on any atom is -1.00 e. The smallest absolute Gasteiger partial charge is 1.00 e. The van der Waals surface area contributed by atoms with Gasteiger partial charge in [0.1, 0.15) is 0 Å². The summed E-state index contributed by atoms with van der Waals surface area (Å²) in [7, 11) is 0. The summed E-state index contributed by atoms with van der Waals surface area (Å²) in [4.78, 5) is 0. The van der Waals surface area contributed by atoms with Crippen LogP contribution < -0.4 is 24.8 Å². The molecule has 0 aliphatic heterocycles. The van der Waals surface area contributed by atoms with E-state index >= 15 is 0 Å². The molecule has 0 spiro atoms. The van der Waals surface area contributed by atoms with Gasteiger partial charge in [-0.3, -0.25) is 0 Å². The second-order valence-electron chi connectivity index (χ2n) is 10.5. The minimum atomic E-state index is 0. The van der Waals surface area contributed by atoms with Crippen LogP contribution in [0.3, 0.4) is 0 Å². The number of benzene rings is 2. The molecule has 0 saturated heterocycles. The van der Waals surface area contributed by atoms with Gasteiger partial charge in [-0.1, -0.05) is 73.5 Å². The quantitative estimate of drug-likeness (QED) is 0.309. The number of rotatable bonds is 2. The topological polar surface area (TPSA) is 0 Å². The molecule has 0 amide bonds. The zero-order valence-corrected chi connectivity index (χ0v) is 30.8. The summed E-state index contributed by atoms with van der Waals surface area (Å²) >= 11 is 13.7. The van der Waals surface area contributed by atoms with Crippen LogP contribution in [0.25, 0.3) is 0 Å². The van der Waals surface area contributed by atoms with Gasteiger partial charge >= 0.3 is 41.9 Å². The minimum absolute atomic E-state index is 0. The van der Waals surface area contributed by atoms with E-state index in [-0.39, 0.29) is 30.2 Å². The van der Waals surface area contributed by atoms with Crippen molar-refractivity contribution >= 4 is 28.6 Å². The molecule has 0 heterocycles. The van der Waals surface area contributed by atoms with Gasteiger partial charge in [0, 0.05) is 10.0 Å². The molecule has 2 aromatic rings. The van der Waals surface area contributed by atoms with Gasteiger partial charge in [0.15, 0.2) is 0 Å². The van der Waals surface area contributed by atoms with Crippen molar-refractivity contribution in [2.75, 3.05) is 0 Å². The van der Waals surface area contributed by atoms with Crippen LogP contribution in [0.5, 0.6) is 0 Å². The van der Waals surface area contributed by atoms with E-state index in [0.29, 0.717) is 11.8 Å². The Morgan fingerprint density at radius 2 is 1.00 bits per heavy atom. The Morgan fingerprint density at radius 1 is 0.667 bits per heavy atom. The largest absolute Gasteiger partial charge is 1.00 e. The summed E-state index contributed by atoms with van der Waals surface area (Å²) in [5.41, 5.74) is 10.5. The summed E-state index contributed by atoms with van der Waals surface area (Å²) in [5.74, 6) is 0.828. The number of fused-ring (bicyclic) bond motifs is 2. The van der Waals surface area contributed by atoms with Gasteiger partial charge < -0.3 is 24.8 Å². The molecule has 6 rings (SSSR count). The van der Waals surface area contributed by atoms with E-state index in [9.17, 15) is 0 Å². The maximum Gasteiger partial charge on any atom is -1.00 e. The van der Waals surface area contributed by atoms with Crippen molar-refractivity contribution in [1.29, 1.82) is 0 Å². The molecule has 0 N–H and O–H groups in total. The van der Waals surface area contributed by atoms with Gasteiger partial charge in [-0.15, -0.1) is 47.6 Å². The molecule has 0 radical (unpaired) electrons. The van der Waals surface area contributed by atoms with E-state index < -0.39 is 0 Å². The normalized spacial score (nSPS) is 19.4. The molecule has 0 fully saturated rings.